The first kappa shape index (κ1) is 16.3. The van der Waals surface area contributed by atoms with Crippen molar-refractivity contribution in [3.63, 3.8) is 0 Å². The molecule has 0 aromatic carbocycles. The molecule has 0 unspecified atom stereocenters. The summed E-state index contributed by atoms with van der Waals surface area (Å²) in [6.07, 6.45) is -3.04. The van der Waals surface area contributed by atoms with Crippen LogP contribution in [0.1, 0.15) is 26.5 Å². The lowest BCUT2D eigenvalue weighted by Crippen LogP contribution is -2.39. The summed E-state index contributed by atoms with van der Waals surface area (Å²) in [5.74, 6) is -4.05. The Balaban J connectivity index is 2.12. The van der Waals surface area contributed by atoms with Crippen molar-refractivity contribution in [3.8, 4) is 0 Å². The molecule has 8 nitrogen and oxygen atoms in total. The van der Waals surface area contributed by atoms with Gasteiger partial charge in [0.25, 0.3) is 5.85 Å². The van der Waals surface area contributed by atoms with Crippen LogP contribution in [-0.4, -0.2) is 39.1 Å². The Morgan fingerprint density at radius 1 is 1.64 bits per heavy atom. The van der Waals surface area contributed by atoms with Gasteiger partial charge in [0.05, 0.1) is 5.92 Å². The first-order valence-corrected chi connectivity index (χ1v) is 6.58. The Kier molecular flexibility index (Phi) is 4.40. The van der Waals surface area contributed by atoms with E-state index in [2.05, 4.69) is 9.72 Å². The lowest BCUT2D eigenvalue weighted by atomic mass is 10.2. The maximum atomic E-state index is 14.4. The first-order valence-electron chi connectivity index (χ1n) is 6.58. The molecule has 1 aromatic heterocycles. The number of halogens is 2. The van der Waals surface area contributed by atoms with Crippen molar-refractivity contribution in [2.75, 3.05) is 6.61 Å². The summed E-state index contributed by atoms with van der Waals surface area (Å²) in [6.45, 7) is 2.17. The van der Waals surface area contributed by atoms with Gasteiger partial charge in [-0.3, -0.25) is 14.3 Å². The highest BCUT2D eigenvalue weighted by molar-refractivity contribution is 5.71. The molecule has 0 amide bonds. The van der Waals surface area contributed by atoms with E-state index >= 15 is 0 Å². The van der Waals surface area contributed by atoms with Crippen molar-refractivity contribution < 1.29 is 23.0 Å². The number of aromatic amines is 1. The van der Waals surface area contributed by atoms with Gasteiger partial charge in [-0.2, -0.15) is 4.98 Å². The molecule has 122 valence electrons. The number of hydrogen-bond donors (Lipinski definition) is 1. The topological polar surface area (TPSA) is 103 Å². The van der Waals surface area contributed by atoms with Crippen LogP contribution in [0, 0.1) is 5.92 Å². The number of nitrogens with one attached hydrogen (secondary N) is 1. The van der Waals surface area contributed by atoms with Crippen molar-refractivity contribution >= 4 is 5.97 Å². The van der Waals surface area contributed by atoms with Gasteiger partial charge in [-0.1, -0.05) is 13.8 Å². The van der Waals surface area contributed by atoms with E-state index < -0.39 is 54.5 Å². The molecule has 0 spiro atoms. The Hall–Kier alpha value is -2.10. The highest BCUT2D eigenvalue weighted by atomic mass is 19.2. The van der Waals surface area contributed by atoms with Crippen molar-refractivity contribution in [2.24, 2.45) is 5.92 Å². The molecule has 0 bridgehead atoms. The number of aromatic nitrogens is 3. The van der Waals surface area contributed by atoms with Crippen molar-refractivity contribution in [1.82, 2.24) is 14.5 Å². The third kappa shape index (κ3) is 3.21. The fourth-order valence-corrected chi connectivity index (χ4v) is 1.89. The molecule has 2 heterocycles. The lowest BCUT2D eigenvalue weighted by molar-refractivity contribution is -0.209. The minimum absolute atomic E-state index is 0.483. The maximum Gasteiger partial charge on any atom is 0.350 e. The van der Waals surface area contributed by atoms with Gasteiger partial charge in [-0.05, 0) is 0 Å². The van der Waals surface area contributed by atoms with E-state index in [1.54, 1.807) is 13.8 Å². The Morgan fingerprint density at radius 3 is 2.91 bits per heavy atom. The second-order valence-corrected chi connectivity index (χ2v) is 5.21. The normalized spacial score (nSPS) is 28.0. The highest BCUT2D eigenvalue weighted by Gasteiger charge is 2.52. The fraction of sp³-hybridized carbons (Fsp3) is 0.667. The van der Waals surface area contributed by atoms with Gasteiger partial charge < -0.3 is 9.47 Å². The SMILES string of the molecule is CC(C)C(=O)OC[C@@]1(F)O[C@@H](n2cnc(=O)[nH]c2=O)C[C@@H]1F. The van der Waals surface area contributed by atoms with Crippen LogP contribution in [0.4, 0.5) is 8.78 Å². The van der Waals surface area contributed by atoms with Crippen molar-refractivity contribution in [3.05, 3.63) is 27.3 Å². The molecule has 1 aliphatic rings. The molecule has 1 aliphatic heterocycles. The second-order valence-electron chi connectivity index (χ2n) is 5.21. The van der Waals surface area contributed by atoms with E-state index in [1.807, 2.05) is 4.98 Å². The van der Waals surface area contributed by atoms with Crippen LogP contribution >= 0.6 is 0 Å². The third-order valence-corrected chi connectivity index (χ3v) is 3.15. The Bertz CT molecular complexity index is 673. The number of rotatable bonds is 4. The van der Waals surface area contributed by atoms with Gasteiger partial charge in [0.15, 0.2) is 12.8 Å². The number of alkyl halides is 2. The van der Waals surface area contributed by atoms with Crippen molar-refractivity contribution in [2.45, 2.75) is 38.5 Å². The summed E-state index contributed by atoms with van der Waals surface area (Å²) in [5.41, 5.74) is -1.78. The van der Waals surface area contributed by atoms with E-state index in [4.69, 9.17) is 4.74 Å². The molecule has 1 fully saturated rings. The molecule has 0 radical (unpaired) electrons. The van der Waals surface area contributed by atoms with E-state index in [0.717, 1.165) is 10.9 Å². The van der Waals surface area contributed by atoms with Crippen molar-refractivity contribution in [1.29, 1.82) is 0 Å². The van der Waals surface area contributed by atoms with Crippen LogP contribution in [0.25, 0.3) is 0 Å². The largest absolute Gasteiger partial charge is 0.459 e. The zero-order chi connectivity index (χ0) is 16.5. The Morgan fingerprint density at radius 2 is 2.32 bits per heavy atom. The van der Waals surface area contributed by atoms with E-state index in [-0.39, 0.29) is 0 Å². The highest BCUT2D eigenvalue weighted by Crippen LogP contribution is 2.39. The predicted molar refractivity (Wildman–Crippen MR) is 68.4 cm³/mol. The van der Waals surface area contributed by atoms with Crippen LogP contribution in [-0.2, 0) is 14.3 Å². The molecule has 0 aliphatic carbocycles. The smallest absolute Gasteiger partial charge is 0.350 e. The molecule has 3 atom stereocenters. The fourth-order valence-electron chi connectivity index (χ4n) is 1.89. The van der Waals surface area contributed by atoms with Gasteiger partial charge in [0, 0.05) is 6.42 Å². The number of H-pyrrole nitrogens is 1. The maximum absolute atomic E-state index is 14.4. The number of esters is 1. The van der Waals surface area contributed by atoms with Gasteiger partial charge >= 0.3 is 17.3 Å². The van der Waals surface area contributed by atoms with E-state index in [1.165, 1.54) is 0 Å². The second kappa shape index (κ2) is 5.95. The van der Waals surface area contributed by atoms with Gasteiger partial charge in [-0.25, -0.2) is 18.4 Å². The molecule has 22 heavy (non-hydrogen) atoms. The molecule has 1 N–H and O–H groups in total. The molecule has 2 rings (SSSR count). The summed E-state index contributed by atoms with van der Waals surface area (Å²) in [5, 5.41) is 0. The van der Waals surface area contributed by atoms with Crippen LogP contribution in [0.2, 0.25) is 0 Å². The summed E-state index contributed by atoms with van der Waals surface area (Å²) >= 11 is 0. The summed E-state index contributed by atoms with van der Waals surface area (Å²) in [7, 11) is 0. The van der Waals surface area contributed by atoms with Gasteiger partial charge in [0.1, 0.15) is 12.6 Å². The monoisotopic (exact) mass is 319 g/mol. The minimum Gasteiger partial charge on any atom is -0.459 e. The third-order valence-electron chi connectivity index (χ3n) is 3.15. The zero-order valence-corrected chi connectivity index (χ0v) is 11.9. The average molecular weight is 319 g/mol. The minimum atomic E-state index is -2.86. The molecule has 1 aromatic rings. The number of nitrogens with zero attached hydrogens (tertiary/aromatic N) is 2. The number of carbonyl (C=O) groups is 1. The molecular formula is C12H15F2N3O5. The lowest BCUT2D eigenvalue weighted by Gasteiger charge is -2.22. The van der Waals surface area contributed by atoms with Gasteiger partial charge in [0.2, 0.25) is 0 Å². The molecule has 10 heteroatoms. The predicted octanol–water partition coefficient (Wildman–Crippen LogP) is 0.0536. The van der Waals surface area contributed by atoms with Gasteiger partial charge in [-0.15, -0.1) is 0 Å². The summed E-state index contributed by atoms with van der Waals surface area (Å²) in [6, 6.07) is 0. The van der Waals surface area contributed by atoms with Crippen LogP contribution < -0.4 is 11.4 Å². The molecule has 1 saturated heterocycles. The zero-order valence-electron chi connectivity index (χ0n) is 11.9. The standard InChI is InChI=1S/C12H15F2N3O5/c1-6(2)9(18)21-4-12(14)7(13)3-8(22-12)17-5-15-10(19)16-11(17)20/h5-8H,3-4H2,1-2H3,(H,16,19,20)/t7-,8+,12+/m0/s1. The number of hydrogen-bond acceptors (Lipinski definition) is 6. The van der Waals surface area contributed by atoms with E-state index in [0.29, 0.717) is 0 Å². The first-order chi connectivity index (χ1) is 10.2. The molecular weight excluding hydrogens is 304 g/mol. The average Bonchev–Trinajstić information content (AvgIpc) is 2.72. The van der Waals surface area contributed by atoms with Crippen LogP contribution in [0.3, 0.4) is 0 Å². The number of ether oxygens (including phenoxy) is 2. The van der Waals surface area contributed by atoms with E-state index in [9.17, 15) is 23.2 Å². The quantitative estimate of drug-likeness (QED) is 0.787. The number of carbonyl (C=O) groups excluding carboxylic acids is 1. The van der Waals surface area contributed by atoms with Crippen LogP contribution in [0.5, 0.6) is 0 Å². The van der Waals surface area contributed by atoms with Crippen LogP contribution in [0.15, 0.2) is 15.9 Å². The molecule has 0 saturated carbocycles. The summed E-state index contributed by atoms with van der Waals surface area (Å²) in [4.78, 5) is 38.9. The summed E-state index contributed by atoms with van der Waals surface area (Å²) < 4.78 is 38.6. The Labute approximate surface area is 123 Å².